The van der Waals surface area contributed by atoms with Crippen LogP contribution in [0.1, 0.15) is 6.92 Å². The summed E-state index contributed by atoms with van der Waals surface area (Å²) < 4.78 is 4.59. The van der Waals surface area contributed by atoms with Crippen LogP contribution in [0.3, 0.4) is 0 Å². The molecule has 0 spiro atoms. The molecular formula is C7H9NO2S. The number of esters is 1. The minimum atomic E-state index is -0.301. The Bertz CT molecular complexity index is 210. The largest absolute Gasteiger partial charge is 0.435 e. The highest BCUT2D eigenvalue weighted by atomic mass is 32.2. The number of aliphatic imine (C=N–C) groups is 1. The van der Waals surface area contributed by atoms with Crippen LogP contribution in [0.5, 0.6) is 0 Å². The van der Waals surface area contributed by atoms with Gasteiger partial charge >= 0.3 is 5.97 Å². The molecule has 0 bridgehead atoms. The number of hydrogen-bond donors (Lipinski definition) is 0. The SMILES string of the molecule is CC(=O)OC=CC1=NCCS1. The Labute approximate surface area is 69.5 Å². The van der Waals surface area contributed by atoms with Gasteiger partial charge in [-0.05, 0) is 0 Å². The Morgan fingerprint density at radius 1 is 1.82 bits per heavy atom. The number of nitrogens with zero attached hydrogens (tertiary/aromatic N) is 1. The van der Waals surface area contributed by atoms with Gasteiger partial charge in [-0.25, -0.2) is 0 Å². The summed E-state index contributed by atoms with van der Waals surface area (Å²) >= 11 is 1.67. The van der Waals surface area contributed by atoms with Crippen molar-refractivity contribution >= 4 is 22.8 Å². The summed E-state index contributed by atoms with van der Waals surface area (Å²) in [7, 11) is 0. The molecule has 0 aromatic rings. The molecule has 0 N–H and O–H groups in total. The molecule has 4 heteroatoms. The summed E-state index contributed by atoms with van der Waals surface area (Å²) in [6, 6.07) is 0. The van der Waals surface area contributed by atoms with Gasteiger partial charge in [-0.1, -0.05) is 0 Å². The maximum absolute atomic E-state index is 10.3. The second-order valence-electron chi connectivity index (χ2n) is 1.98. The van der Waals surface area contributed by atoms with E-state index in [2.05, 4.69) is 9.73 Å². The molecule has 1 aliphatic heterocycles. The van der Waals surface area contributed by atoms with Gasteiger partial charge in [-0.3, -0.25) is 9.79 Å². The fourth-order valence-corrected chi connectivity index (χ4v) is 1.37. The summed E-state index contributed by atoms with van der Waals surface area (Å²) in [5, 5.41) is 0.936. The predicted octanol–water partition coefficient (Wildman–Crippen LogP) is 1.21. The van der Waals surface area contributed by atoms with Gasteiger partial charge in [0.15, 0.2) is 0 Å². The first-order valence-electron chi connectivity index (χ1n) is 3.30. The van der Waals surface area contributed by atoms with E-state index in [9.17, 15) is 4.79 Å². The van der Waals surface area contributed by atoms with E-state index >= 15 is 0 Å². The molecular weight excluding hydrogens is 162 g/mol. The van der Waals surface area contributed by atoms with Crippen LogP contribution in [-0.2, 0) is 9.53 Å². The van der Waals surface area contributed by atoms with Gasteiger partial charge < -0.3 is 4.74 Å². The van der Waals surface area contributed by atoms with Gasteiger partial charge in [0.2, 0.25) is 0 Å². The monoisotopic (exact) mass is 171 g/mol. The highest BCUT2D eigenvalue weighted by Gasteiger charge is 2.01. The van der Waals surface area contributed by atoms with E-state index < -0.39 is 0 Å². The molecule has 0 saturated carbocycles. The molecule has 0 aromatic heterocycles. The van der Waals surface area contributed by atoms with E-state index in [0.29, 0.717) is 0 Å². The summed E-state index contributed by atoms with van der Waals surface area (Å²) in [6.07, 6.45) is 3.08. The van der Waals surface area contributed by atoms with Crippen LogP contribution in [0, 0.1) is 0 Å². The first-order chi connectivity index (χ1) is 5.29. The molecule has 0 saturated heterocycles. The second-order valence-corrected chi connectivity index (χ2v) is 3.10. The maximum atomic E-state index is 10.3. The fraction of sp³-hybridized carbons (Fsp3) is 0.429. The molecule has 0 fully saturated rings. The predicted molar refractivity (Wildman–Crippen MR) is 45.7 cm³/mol. The molecule has 0 radical (unpaired) electrons. The van der Waals surface area contributed by atoms with Crippen molar-refractivity contribution in [1.82, 2.24) is 0 Å². The lowest BCUT2D eigenvalue weighted by Crippen LogP contribution is -1.90. The number of carbonyl (C=O) groups is 1. The van der Waals surface area contributed by atoms with Crippen molar-refractivity contribution in [2.45, 2.75) is 6.92 Å². The second kappa shape index (κ2) is 4.18. The Morgan fingerprint density at radius 3 is 3.18 bits per heavy atom. The third-order valence-corrected chi connectivity index (χ3v) is 2.00. The molecule has 0 aromatic carbocycles. The smallest absolute Gasteiger partial charge is 0.307 e. The number of carbonyl (C=O) groups excluding carboxylic acids is 1. The van der Waals surface area contributed by atoms with Crippen LogP contribution in [-0.4, -0.2) is 23.3 Å². The van der Waals surface area contributed by atoms with Gasteiger partial charge in [-0.15, -0.1) is 11.8 Å². The summed E-state index contributed by atoms with van der Waals surface area (Å²) in [5.74, 6) is 0.726. The van der Waals surface area contributed by atoms with Crippen molar-refractivity contribution in [2.24, 2.45) is 4.99 Å². The van der Waals surface area contributed by atoms with Crippen molar-refractivity contribution in [3.63, 3.8) is 0 Å². The Hall–Kier alpha value is -0.770. The molecule has 1 rings (SSSR count). The van der Waals surface area contributed by atoms with Crippen LogP contribution < -0.4 is 0 Å². The van der Waals surface area contributed by atoms with E-state index in [1.54, 1.807) is 17.8 Å². The van der Waals surface area contributed by atoms with Gasteiger partial charge in [0.05, 0.1) is 11.3 Å². The van der Waals surface area contributed by atoms with Crippen molar-refractivity contribution in [3.8, 4) is 0 Å². The van der Waals surface area contributed by atoms with Crippen molar-refractivity contribution in [1.29, 1.82) is 0 Å². The van der Waals surface area contributed by atoms with Crippen LogP contribution in [0.25, 0.3) is 0 Å². The average molecular weight is 171 g/mol. The topological polar surface area (TPSA) is 38.7 Å². The molecule has 0 amide bonds. The molecule has 1 heterocycles. The highest BCUT2D eigenvalue weighted by Crippen LogP contribution is 2.11. The Kier molecular flexibility index (Phi) is 3.16. The average Bonchev–Trinajstić information content (AvgIpc) is 2.39. The molecule has 1 aliphatic rings. The number of hydrogen-bond acceptors (Lipinski definition) is 4. The van der Waals surface area contributed by atoms with Gasteiger partial charge in [0.1, 0.15) is 0 Å². The molecule has 0 atom stereocenters. The molecule has 60 valence electrons. The van der Waals surface area contributed by atoms with Gasteiger partial charge in [-0.2, -0.15) is 0 Å². The highest BCUT2D eigenvalue weighted by molar-refractivity contribution is 8.14. The number of thioether (sulfide) groups is 1. The molecule has 3 nitrogen and oxygen atoms in total. The quantitative estimate of drug-likeness (QED) is 0.463. The molecule has 0 unspecified atom stereocenters. The van der Waals surface area contributed by atoms with E-state index in [4.69, 9.17) is 0 Å². The normalized spacial score (nSPS) is 17.0. The fourth-order valence-electron chi connectivity index (χ4n) is 0.641. The summed E-state index contributed by atoms with van der Waals surface area (Å²) in [4.78, 5) is 14.4. The first kappa shape index (κ1) is 8.33. The van der Waals surface area contributed by atoms with Crippen LogP contribution in [0.2, 0.25) is 0 Å². The summed E-state index contributed by atoms with van der Waals surface area (Å²) in [5.41, 5.74) is 0. The number of rotatable bonds is 2. The van der Waals surface area contributed by atoms with Crippen molar-refractivity contribution in [3.05, 3.63) is 12.3 Å². The third-order valence-electron chi connectivity index (χ3n) is 1.05. The van der Waals surface area contributed by atoms with E-state index in [-0.39, 0.29) is 5.97 Å². The van der Waals surface area contributed by atoms with Gasteiger partial charge in [0, 0.05) is 25.3 Å². The van der Waals surface area contributed by atoms with Crippen molar-refractivity contribution < 1.29 is 9.53 Å². The Balaban J connectivity index is 2.29. The summed E-state index contributed by atoms with van der Waals surface area (Å²) in [6.45, 7) is 2.23. The van der Waals surface area contributed by atoms with Crippen molar-refractivity contribution in [2.75, 3.05) is 12.3 Å². The first-order valence-corrected chi connectivity index (χ1v) is 4.28. The van der Waals surface area contributed by atoms with E-state index in [1.165, 1.54) is 13.2 Å². The minimum absolute atomic E-state index is 0.301. The lowest BCUT2D eigenvalue weighted by Gasteiger charge is -1.90. The van der Waals surface area contributed by atoms with Crippen LogP contribution >= 0.6 is 11.8 Å². The van der Waals surface area contributed by atoms with Gasteiger partial charge in [0.25, 0.3) is 0 Å². The zero-order chi connectivity index (χ0) is 8.10. The maximum Gasteiger partial charge on any atom is 0.307 e. The standard InChI is InChI=1S/C7H9NO2S/c1-6(9)10-4-2-7-8-3-5-11-7/h2,4H,3,5H2,1H3. The molecule has 0 aliphatic carbocycles. The lowest BCUT2D eigenvalue weighted by molar-refractivity contribution is -0.135. The zero-order valence-corrected chi connectivity index (χ0v) is 7.06. The number of ether oxygens (including phenoxy) is 1. The minimum Gasteiger partial charge on any atom is -0.435 e. The van der Waals surface area contributed by atoms with Crippen LogP contribution in [0.15, 0.2) is 17.3 Å². The van der Waals surface area contributed by atoms with E-state index in [1.807, 2.05) is 0 Å². The lowest BCUT2D eigenvalue weighted by atomic mass is 10.6. The van der Waals surface area contributed by atoms with E-state index in [0.717, 1.165) is 17.3 Å². The van der Waals surface area contributed by atoms with Crippen LogP contribution in [0.4, 0.5) is 0 Å². The Morgan fingerprint density at radius 2 is 2.64 bits per heavy atom. The third kappa shape index (κ3) is 3.23. The molecule has 11 heavy (non-hydrogen) atoms. The zero-order valence-electron chi connectivity index (χ0n) is 6.24.